The number of hydrogen-bond acceptors (Lipinski definition) is 4. The Hall–Kier alpha value is -2.63. The fourth-order valence-corrected chi connectivity index (χ4v) is 1.27. The zero-order valence-electron chi connectivity index (χ0n) is 15.9. The van der Waals surface area contributed by atoms with Gasteiger partial charge in [-0.3, -0.25) is 0 Å². The highest BCUT2D eigenvalue weighted by molar-refractivity contribution is 5.81. The minimum atomic E-state index is -6.43. The van der Waals surface area contributed by atoms with E-state index in [2.05, 4.69) is 22.6 Å². The van der Waals surface area contributed by atoms with Gasteiger partial charge in [0.25, 0.3) is 0 Å². The van der Waals surface area contributed by atoms with Crippen molar-refractivity contribution in [2.75, 3.05) is 6.61 Å². The van der Waals surface area contributed by atoms with Crippen molar-refractivity contribution >= 4 is 11.9 Å². The van der Waals surface area contributed by atoms with Crippen LogP contribution in [0.3, 0.4) is 0 Å². The molecule has 0 fully saturated rings. The molecule has 0 rings (SSSR count). The van der Waals surface area contributed by atoms with Gasteiger partial charge in [-0.1, -0.05) is 13.2 Å². The maximum absolute atomic E-state index is 12.7. The lowest BCUT2D eigenvalue weighted by Gasteiger charge is -2.28. The lowest BCUT2D eigenvalue weighted by Crippen LogP contribution is -2.54. The molecule has 1 atom stereocenters. The van der Waals surface area contributed by atoms with E-state index in [1.54, 1.807) is 0 Å². The first-order valence-electron chi connectivity index (χ1n) is 7.72. The van der Waals surface area contributed by atoms with Crippen LogP contribution >= 0.6 is 0 Å². The topological polar surface area (TPSA) is 52.6 Å². The predicted octanol–water partition coefficient (Wildman–Crippen LogP) is 5.78. The van der Waals surface area contributed by atoms with Crippen LogP contribution in [0.25, 0.3) is 0 Å². The molecule has 200 valence electrons. The van der Waals surface area contributed by atoms with Gasteiger partial charge in [0.15, 0.2) is 12.8 Å². The zero-order valence-corrected chi connectivity index (χ0v) is 15.9. The lowest BCUT2D eigenvalue weighted by atomic mass is 10.1. The van der Waals surface area contributed by atoms with Gasteiger partial charge in [-0.15, -0.1) is 0 Å². The highest BCUT2D eigenvalue weighted by atomic mass is 19.4. The minimum absolute atomic E-state index is 0.0704. The third-order valence-electron chi connectivity index (χ3n) is 2.97. The molecule has 0 aliphatic heterocycles. The largest absolute Gasteiger partial charge is 0.469 e. The number of alkyl halides is 15. The van der Waals surface area contributed by atoms with Crippen molar-refractivity contribution in [3.05, 3.63) is 25.3 Å². The second kappa shape index (κ2) is 11.2. The van der Waals surface area contributed by atoms with E-state index in [9.17, 15) is 75.4 Å². The third-order valence-corrected chi connectivity index (χ3v) is 2.97. The maximum Gasteiger partial charge on any atom is 0.469 e. The van der Waals surface area contributed by atoms with Crippen molar-refractivity contribution in [1.82, 2.24) is 0 Å². The Labute approximate surface area is 179 Å². The summed E-state index contributed by atoms with van der Waals surface area (Å²) in [4.78, 5) is 20.5. The predicted molar refractivity (Wildman–Crippen MR) is 78.9 cm³/mol. The van der Waals surface area contributed by atoms with E-state index in [0.29, 0.717) is 6.08 Å². The molecule has 0 aromatic rings. The molecule has 0 saturated carbocycles. The first-order valence-corrected chi connectivity index (χ1v) is 7.72. The van der Waals surface area contributed by atoms with Crippen molar-refractivity contribution in [3.63, 3.8) is 0 Å². The van der Waals surface area contributed by atoms with Crippen LogP contribution in [-0.4, -0.2) is 60.9 Å². The zero-order chi connectivity index (χ0) is 28.0. The molecule has 0 aliphatic carbocycles. The van der Waals surface area contributed by atoms with Crippen molar-refractivity contribution in [2.45, 2.75) is 48.8 Å². The van der Waals surface area contributed by atoms with E-state index < -0.39 is 67.4 Å². The van der Waals surface area contributed by atoms with Gasteiger partial charge in [0.2, 0.25) is 0 Å². The van der Waals surface area contributed by atoms with Gasteiger partial charge >= 0.3 is 48.2 Å². The van der Waals surface area contributed by atoms with Crippen LogP contribution in [0.5, 0.6) is 0 Å². The average Bonchev–Trinajstić information content (AvgIpc) is 2.63. The first kappa shape index (κ1) is 33.5. The molecule has 0 aromatic heterocycles. The number of carbonyl (C=O) groups is 2. The number of esters is 2. The quantitative estimate of drug-likeness (QED) is 0.212. The summed E-state index contributed by atoms with van der Waals surface area (Å²) in [5, 5.41) is 0. The fraction of sp³-hybridized carbons (Fsp3) is 0.600. The van der Waals surface area contributed by atoms with E-state index >= 15 is 0 Å². The molecule has 0 saturated heterocycles. The normalized spacial score (nSPS) is 14.3. The summed E-state index contributed by atoms with van der Waals surface area (Å²) in [6, 6.07) is 0. The number of rotatable bonds is 9. The number of ether oxygens (including phenoxy) is 2. The molecule has 0 aromatic carbocycles. The molecule has 0 spiro atoms. The third kappa shape index (κ3) is 9.32. The first-order chi connectivity index (χ1) is 14.8. The standard InChI is InChI=1S/C8H6F8O2.C7H5F7O2/c1-2-5(17)18-8(15,16)7(13,14)4(9)3-6(10,11)12;1-2-4(15)16-3-5(8,9)6(10,11)7(12,13)14/h2,4H,1,3H2;2H,1,3H2. The smallest absolute Gasteiger partial charge is 0.456 e. The highest BCUT2D eigenvalue weighted by Gasteiger charge is 2.73. The number of hydrogen-bond donors (Lipinski definition) is 0. The number of carbonyl (C=O) groups excluding carboxylic acids is 2. The summed E-state index contributed by atoms with van der Waals surface area (Å²) in [6.45, 7) is 2.96. The van der Waals surface area contributed by atoms with Crippen LogP contribution < -0.4 is 0 Å². The van der Waals surface area contributed by atoms with Gasteiger partial charge in [-0.25, -0.2) is 14.0 Å². The van der Waals surface area contributed by atoms with Crippen LogP contribution in [0.2, 0.25) is 0 Å². The summed E-state index contributed by atoms with van der Waals surface area (Å²) in [7, 11) is 0. The van der Waals surface area contributed by atoms with Crippen molar-refractivity contribution in [1.29, 1.82) is 0 Å². The van der Waals surface area contributed by atoms with E-state index in [1.807, 2.05) is 0 Å². The van der Waals surface area contributed by atoms with Crippen molar-refractivity contribution in [3.8, 4) is 0 Å². The van der Waals surface area contributed by atoms with Gasteiger partial charge in [-0.2, -0.15) is 61.5 Å². The molecule has 4 nitrogen and oxygen atoms in total. The molecule has 0 amide bonds. The Morgan fingerprint density at radius 2 is 1.18 bits per heavy atom. The Bertz CT molecular complexity index is 724. The fourth-order valence-electron chi connectivity index (χ4n) is 1.27. The second-order valence-corrected chi connectivity index (χ2v) is 5.64. The summed E-state index contributed by atoms with van der Waals surface area (Å²) in [5.41, 5.74) is 0. The van der Waals surface area contributed by atoms with Crippen LogP contribution in [0.1, 0.15) is 6.42 Å². The van der Waals surface area contributed by atoms with Gasteiger partial charge in [0.05, 0.1) is 6.42 Å². The average molecular weight is 540 g/mol. The molecule has 34 heavy (non-hydrogen) atoms. The van der Waals surface area contributed by atoms with E-state index in [-0.39, 0.29) is 6.08 Å². The SMILES string of the molecule is C=CC(=O)OC(F)(F)C(F)(F)C(F)CC(F)(F)F.C=CC(=O)OCC(F)(F)C(F)(F)C(F)(F)F. The number of halogens is 15. The second-order valence-electron chi connectivity index (χ2n) is 5.64. The molecule has 0 radical (unpaired) electrons. The minimum Gasteiger partial charge on any atom is -0.456 e. The van der Waals surface area contributed by atoms with Crippen LogP contribution in [0.15, 0.2) is 25.3 Å². The van der Waals surface area contributed by atoms with Gasteiger partial charge in [0.1, 0.15) is 0 Å². The Morgan fingerprint density at radius 3 is 1.50 bits per heavy atom. The molecule has 1 unspecified atom stereocenters. The molecule has 19 heteroatoms. The Balaban J connectivity index is 0. The van der Waals surface area contributed by atoms with Gasteiger partial charge in [-0.05, 0) is 0 Å². The van der Waals surface area contributed by atoms with Crippen molar-refractivity contribution < 1.29 is 84.9 Å². The molecular formula is C15H11F15O4. The Kier molecular flexibility index (Phi) is 11.0. The summed E-state index contributed by atoms with van der Waals surface area (Å²) < 4.78 is 188. The van der Waals surface area contributed by atoms with Gasteiger partial charge in [0, 0.05) is 12.2 Å². The van der Waals surface area contributed by atoms with Crippen LogP contribution in [0, 0.1) is 0 Å². The van der Waals surface area contributed by atoms with Crippen LogP contribution in [-0.2, 0) is 19.1 Å². The molecule has 0 aliphatic rings. The molecule has 0 N–H and O–H groups in total. The van der Waals surface area contributed by atoms with Crippen molar-refractivity contribution in [2.24, 2.45) is 0 Å². The monoisotopic (exact) mass is 540 g/mol. The summed E-state index contributed by atoms with van der Waals surface area (Å²) >= 11 is 0. The summed E-state index contributed by atoms with van der Waals surface area (Å²) in [6.07, 6.45) is -24.2. The van der Waals surface area contributed by atoms with E-state index in [1.165, 1.54) is 0 Å². The van der Waals surface area contributed by atoms with E-state index in [4.69, 9.17) is 0 Å². The van der Waals surface area contributed by atoms with Crippen LogP contribution in [0.4, 0.5) is 65.9 Å². The molecule has 0 bridgehead atoms. The molecular weight excluding hydrogens is 529 g/mol. The van der Waals surface area contributed by atoms with Gasteiger partial charge < -0.3 is 9.47 Å². The summed E-state index contributed by atoms with van der Waals surface area (Å²) in [5.74, 6) is -21.2. The maximum atomic E-state index is 12.7. The highest BCUT2D eigenvalue weighted by Crippen LogP contribution is 2.46. The Morgan fingerprint density at radius 1 is 0.765 bits per heavy atom. The van der Waals surface area contributed by atoms with E-state index in [0.717, 1.165) is 0 Å². The molecule has 0 heterocycles. The lowest BCUT2D eigenvalue weighted by molar-refractivity contribution is -0.359.